The fourth-order valence-electron chi connectivity index (χ4n) is 4.94. The minimum atomic E-state index is -0.631. The van der Waals surface area contributed by atoms with E-state index in [1.54, 1.807) is 26.3 Å². The van der Waals surface area contributed by atoms with Gasteiger partial charge in [-0.3, -0.25) is 0 Å². The minimum Gasteiger partial charge on any atom is -0.491 e. The first-order chi connectivity index (χ1) is 17.7. The summed E-state index contributed by atoms with van der Waals surface area (Å²) in [5.41, 5.74) is 3.97. The Morgan fingerprint density at radius 3 is 2.68 bits per heavy atom. The predicted molar refractivity (Wildman–Crippen MR) is 144 cm³/mol. The summed E-state index contributed by atoms with van der Waals surface area (Å²) in [5.74, 6) is 2.58. The molecule has 37 heavy (non-hydrogen) atoms. The van der Waals surface area contributed by atoms with Crippen LogP contribution in [0.1, 0.15) is 36.3 Å². The van der Waals surface area contributed by atoms with Crippen LogP contribution in [0.2, 0.25) is 5.02 Å². The van der Waals surface area contributed by atoms with Gasteiger partial charge in [0.1, 0.15) is 30.0 Å². The summed E-state index contributed by atoms with van der Waals surface area (Å²) < 4.78 is 16.9. The number of nitrogens with one attached hydrogen (secondary N) is 1. The van der Waals surface area contributed by atoms with Crippen molar-refractivity contribution in [3.63, 3.8) is 0 Å². The van der Waals surface area contributed by atoms with Crippen molar-refractivity contribution in [1.82, 2.24) is 20.4 Å². The van der Waals surface area contributed by atoms with E-state index < -0.39 is 6.10 Å². The molecular weight excluding hydrogens is 494 g/mol. The first-order valence-corrected chi connectivity index (χ1v) is 12.9. The maximum atomic E-state index is 10.0. The maximum Gasteiger partial charge on any atom is 0.163 e. The number of hydrogen-bond acceptors (Lipinski definition) is 9. The molecule has 0 bridgehead atoms. The molecule has 3 atom stereocenters. The number of halogens is 1. The fraction of sp³-hybridized carbons (Fsp3) is 0.519. The number of rotatable bonds is 10. The Bertz CT molecular complexity index is 1210. The standard InChI is InChI=1S/C27H36ClN5O4/c1-15-25(24-16(2)32-37-17(24)3)30-26(31-27(15)33(5)18-7-8-20(11-18)35-6)22-12-21(9-10-23(22)28)36-14-19(34)13-29-4/h9-10,12,18-20,29,34H,7-8,11,13-14H2,1-6H3/t18-,19+,20+/m0/s1. The number of benzene rings is 1. The highest BCUT2D eigenvalue weighted by Crippen LogP contribution is 2.38. The van der Waals surface area contributed by atoms with E-state index in [1.807, 2.05) is 26.8 Å². The molecule has 2 heterocycles. The number of anilines is 1. The Balaban J connectivity index is 1.79. The number of aliphatic hydroxyl groups excluding tert-OH is 1. The van der Waals surface area contributed by atoms with Gasteiger partial charge in [0.25, 0.3) is 0 Å². The van der Waals surface area contributed by atoms with Crippen molar-refractivity contribution >= 4 is 17.4 Å². The molecule has 1 aliphatic carbocycles. The third-order valence-corrected chi connectivity index (χ3v) is 7.35. The normalized spacial score (nSPS) is 18.3. The van der Waals surface area contributed by atoms with Crippen LogP contribution in [0.25, 0.3) is 22.6 Å². The number of hydrogen-bond donors (Lipinski definition) is 2. The molecule has 1 saturated carbocycles. The molecular formula is C27H36ClN5O4. The van der Waals surface area contributed by atoms with Gasteiger partial charge in [-0.1, -0.05) is 16.8 Å². The molecule has 9 nitrogen and oxygen atoms in total. The van der Waals surface area contributed by atoms with Gasteiger partial charge in [-0.15, -0.1) is 0 Å². The van der Waals surface area contributed by atoms with E-state index in [2.05, 4.69) is 22.4 Å². The first-order valence-electron chi connectivity index (χ1n) is 12.6. The van der Waals surface area contributed by atoms with Gasteiger partial charge in [-0.05, 0) is 65.3 Å². The average molecular weight is 530 g/mol. The van der Waals surface area contributed by atoms with Crippen LogP contribution in [-0.4, -0.2) is 72.8 Å². The van der Waals surface area contributed by atoms with E-state index in [4.69, 9.17) is 35.6 Å². The van der Waals surface area contributed by atoms with Crippen molar-refractivity contribution in [2.45, 2.75) is 58.3 Å². The average Bonchev–Trinajstić information content (AvgIpc) is 3.50. The quantitative estimate of drug-likeness (QED) is 0.396. The van der Waals surface area contributed by atoms with E-state index in [0.717, 1.165) is 47.6 Å². The van der Waals surface area contributed by atoms with E-state index in [-0.39, 0.29) is 12.7 Å². The molecule has 4 rings (SSSR count). The second-order valence-corrected chi connectivity index (χ2v) is 10.1. The Hall–Kier alpha value is -2.72. The maximum absolute atomic E-state index is 10.0. The molecule has 3 aromatic rings. The summed E-state index contributed by atoms with van der Waals surface area (Å²) in [7, 11) is 5.62. The molecule has 0 amide bonds. The number of ether oxygens (including phenoxy) is 2. The predicted octanol–water partition coefficient (Wildman–Crippen LogP) is 4.34. The van der Waals surface area contributed by atoms with Crippen molar-refractivity contribution in [2.75, 3.05) is 39.3 Å². The Morgan fingerprint density at radius 1 is 1.24 bits per heavy atom. The SMILES string of the molecule is CNC[C@@H](O)COc1ccc(Cl)c(-c2nc(-c3c(C)noc3C)c(C)c(N(C)[C@H]3CC[C@@H](OC)C3)n2)c1. The summed E-state index contributed by atoms with van der Waals surface area (Å²) >= 11 is 6.66. The number of aryl methyl sites for hydroxylation is 2. The lowest BCUT2D eigenvalue weighted by molar-refractivity contribution is 0.108. The first kappa shape index (κ1) is 27.3. The largest absolute Gasteiger partial charge is 0.491 e. The van der Waals surface area contributed by atoms with Crippen LogP contribution in [0.5, 0.6) is 5.75 Å². The van der Waals surface area contributed by atoms with Crippen LogP contribution < -0.4 is 15.0 Å². The Kier molecular flexibility index (Phi) is 8.69. The molecule has 1 aromatic carbocycles. The number of nitrogens with zero attached hydrogens (tertiary/aromatic N) is 4. The van der Waals surface area contributed by atoms with E-state index >= 15 is 0 Å². The molecule has 2 N–H and O–H groups in total. The Labute approximate surface area is 223 Å². The molecule has 1 aliphatic rings. The highest BCUT2D eigenvalue weighted by molar-refractivity contribution is 6.33. The number of likely N-dealkylation sites (N-methyl/N-ethyl adjacent to an activating group) is 1. The van der Waals surface area contributed by atoms with Gasteiger partial charge in [0.05, 0.1) is 28.1 Å². The van der Waals surface area contributed by atoms with E-state index in [1.165, 1.54) is 0 Å². The lowest BCUT2D eigenvalue weighted by Crippen LogP contribution is -2.31. The molecule has 0 spiro atoms. The van der Waals surface area contributed by atoms with E-state index in [0.29, 0.717) is 40.5 Å². The number of methoxy groups -OCH3 is 1. The number of aliphatic hydroxyl groups is 1. The summed E-state index contributed by atoms with van der Waals surface area (Å²) in [6.45, 7) is 6.41. The van der Waals surface area contributed by atoms with Crippen molar-refractivity contribution in [3.05, 3.63) is 40.2 Å². The molecule has 10 heteroatoms. The summed E-state index contributed by atoms with van der Waals surface area (Å²) in [6.07, 6.45) is 2.59. The lowest BCUT2D eigenvalue weighted by atomic mass is 10.0. The number of aromatic nitrogens is 3. The second kappa shape index (κ2) is 11.8. The van der Waals surface area contributed by atoms with Crippen molar-refractivity contribution in [2.24, 2.45) is 0 Å². The second-order valence-electron chi connectivity index (χ2n) is 9.64. The Morgan fingerprint density at radius 2 is 2.03 bits per heavy atom. The molecule has 2 aromatic heterocycles. The zero-order valence-corrected chi connectivity index (χ0v) is 23.1. The fourth-order valence-corrected chi connectivity index (χ4v) is 5.14. The topological polar surface area (TPSA) is 106 Å². The summed E-state index contributed by atoms with van der Waals surface area (Å²) in [6, 6.07) is 5.65. The monoisotopic (exact) mass is 529 g/mol. The van der Waals surface area contributed by atoms with E-state index in [9.17, 15) is 5.11 Å². The minimum absolute atomic E-state index is 0.150. The van der Waals surface area contributed by atoms with Gasteiger partial charge in [0.15, 0.2) is 5.82 Å². The lowest BCUT2D eigenvalue weighted by Gasteiger charge is -2.28. The smallest absolute Gasteiger partial charge is 0.163 e. The molecule has 0 unspecified atom stereocenters. The van der Waals surface area contributed by atoms with Crippen LogP contribution in [0.15, 0.2) is 22.7 Å². The van der Waals surface area contributed by atoms with Gasteiger partial charge >= 0.3 is 0 Å². The van der Waals surface area contributed by atoms with Crippen molar-refractivity contribution in [1.29, 1.82) is 0 Å². The third kappa shape index (κ3) is 5.90. The van der Waals surface area contributed by atoms with Gasteiger partial charge in [0.2, 0.25) is 0 Å². The third-order valence-electron chi connectivity index (χ3n) is 7.02. The van der Waals surface area contributed by atoms with Gasteiger partial charge in [-0.25, -0.2) is 9.97 Å². The molecule has 0 aliphatic heterocycles. The molecule has 0 saturated heterocycles. The highest BCUT2D eigenvalue weighted by Gasteiger charge is 2.31. The van der Waals surface area contributed by atoms with Gasteiger partial charge < -0.3 is 29.3 Å². The summed E-state index contributed by atoms with van der Waals surface area (Å²) in [5, 5.41) is 17.6. The van der Waals surface area contributed by atoms with Crippen molar-refractivity contribution < 1.29 is 19.1 Å². The van der Waals surface area contributed by atoms with Gasteiger partial charge in [0, 0.05) is 37.9 Å². The van der Waals surface area contributed by atoms with Crippen LogP contribution in [0, 0.1) is 20.8 Å². The van der Waals surface area contributed by atoms with Crippen molar-refractivity contribution in [3.8, 4) is 28.4 Å². The molecule has 0 radical (unpaired) electrons. The van der Waals surface area contributed by atoms with Crippen LogP contribution >= 0.6 is 11.6 Å². The highest BCUT2D eigenvalue weighted by atomic mass is 35.5. The van der Waals surface area contributed by atoms with Crippen LogP contribution in [0.4, 0.5) is 5.82 Å². The zero-order chi connectivity index (χ0) is 26.7. The summed E-state index contributed by atoms with van der Waals surface area (Å²) in [4.78, 5) is 12.2. The van der Waals surface area contributed by atoms with Gasteiger partial charge in [-0.2, -0.15) is 0 Å². The van der Waals surface area contributed by atoms with Crippen LogP contribution in [0.3, 0.4) is 0 Å². The molecule has 200 valence electrons. The zero-order valence-electron chi connectivity index (χ0n) is 22.3. The molecule has 1 fully saturated rings. The van der Waals surface area contributed by atoms with Crippen LogP contribution in [-0.2, 0) is 4.74 Å².